The molecule has 1 aromatic carbocycles. The highest BCUT2D eigenvalue weighted by Crippen LogP contribution is 2.22. The summed E-state index contributed by atoms with van der Waals surface area (Å²) < 4.78 is 1.31. The first-order chi connectivity index (χ1) is 12.0. The van der Waals surface area contributed by atoms with Crippen molar-refractivity contribution in [2.24, 2.45) is 5.92 Å². The Morgan fingerprint density at radius 3 is 2.56 bits per heavy atom. The molecular weight excluding hydrogens is 314 g/mol. The fourth-order valence-corrected chi connectivity index (χ4v) is 2.79. The van der Waals surface area contributed by atoms with E-state index < -0.39 is 5.69 Å². The standard InChI is InChI=1S/C20H27N3O2/c1-4-5-7-16-8-10-17(11-9-16)19(15(2)3)22-18(24)14-23-13-6-12-21-20(23)25/h6,8-13,15,19H,4-5,7,14H2,1-3H3,(H,22,24). The van der Waals surface area contributed by atoms with E-state index in [-0.39, 0.29) is 24.4 Å². The Morgan fingerprint density at radius 1 is 1.24 bits per heavy atom. The molecule has 0 saturated carbocycles. The molecule has 1 aromatic heterocycles. The average Bonchev–Trinajstić information content (AvgIpc) is 2.60. The van der Waals surface area contributed by atoms with Crippen molar-refractivity contribution in [1.29, 1.82) is 0 Å². The van der Waals surface area contributed by atoms with E-state index in [0.29, 0.717) is 0 Å². The maximum atomic E-state index is 12.4. The summed E-state index contributed by atoms with van der Waals surface area (Å²) in [7, 11) is 0. The highest BCUT2D eigenvalue weighted by Gasteiger charge is 2.18. The number of aromatic nitrogens is 2. The fraction of sp³-hybridized carbons (Fsp3) is 0.450. The van der Waals surface area contributed by atoms with Gasteiger partial charge in [-0.3, -0.25) is 9.36 Å². The summed E-state index contributed by atoms with van der Waals surface area (Å²) in [6, 6.07) is 10.0. The number of unbranched alkanes of at least 4 members (excludes halogenated alkanes) is 1. The quantitative estimate of drug-likeness (QED) is 0.802. The Hall–Kier alpha value is -2.43. The van der Waals surface area contributed by atoms with Crippen molar-refractivity contribution in [3.63, 3.8) is 0 Å². The molecule has 1 heterocycles. The molecule has 5 heteroatoms. The van der Waals surface area contributed by atoms with E-state index in [1.165, 1.54) is 29.2 Å². The first-order valence-corrected chi connectivity index (χ1v) is 8.91. The Bertz CT molecular complexity index is 735. The number of carbonyl (C=O) groups excluding carboxylic acids is 1. The van der Waals surface area contributed by atoms with Crippen molar-refractivity contribution in [3.8, 4) is 0 Å². The van der Waals surface area contributed by atoms with E-state index in [9.17, 15) is 9.59 Å². The van der Waals surface area contributed by atoms with Gasteiger partial charge >= 0.3 is 5.69 Å². The van der Waals surface area contributed by atoms with Gasteiger partial charge in [-0.15, -0.1) is 0 Å². The Morgan fingerprint density at radius 2 is 1.96 bits per heavy atom. The van der Waals surface area contributed by atoms with Crippen molar-refractivity contribution in [2.45, 2.75) is 52.6 Å². The largest absolute Gasteiger partial charge is 0.347 e. The van der Waals surface area contributed by atoms with Crippen LogP contribution in [0.1, 0.15) is 50.8 Å². The summed E-state index contributed by atoms with van der Waals surface area (Å²) in [5.41, 5.74) is 1.99. The molecule has 1 atom stereocenters. The number of aryl methyl sites for hydroxylation is 1. The van der Waals surface area contributed by atoms with Gasteiger partial charge in [-0.1, -0.05) is 51.5 Å². The first kappa shape index (κ1) is 18.9. The van der Waals surface area contributed by atoms with Crippen molar-refractivity contribution >= 4 is 5.91 Å². The van der Waals surface area contributed by atoms with Crippen molar-refractivity contribution in [1.82, 2.24) is 14.9 Å². The van der Waals surface area contributed by atoms with Crippen LogP contribution in [0.25, 0.3) is 0 Å². The smallest absolute Gasteiger partial charge is 0.347 e. The number of nitrogens with zero attached hydrogens (tertiary/aromatic N) is 2. The Labute approximate surface area is 149 Å². The van der Waals surface area contributed by atoms with Crippen LogP contribution in [0, 0.1) is 5.92 Å². The summed E-state index contributed by atoms with van der Waals surface area (Å²) in [6.45, 7) is 6.31. The van der Waals surface area contributed by atoms with Crippen LogP contribution in [0.15, 0.2) is 47.5 Å². The third kappa shape index (κ3) is 5.55. The minimum absolute atomic E-state index is 0.0233. The van der Waals surface area contributed by atoms with E-state index in [4.69, 9.17) is 0 Å². The Balaban J connectivity index is 2.06. The summed E-state index contributed by atoms with van der Waals surface area (Å²) in [5, 5.41) is 3.04. The zero-order valence-electron chi connectivity index (χ0n) is 15.2. The molecule has 2 aromatic rings. The van der Waals surface area contributed by atoms with Gasteiger partial charge in [-0.2, -0.15) is 0 Å². The van der Waals surface area contributed by atoms with Crippen LogP contribution in [-0.2, 0) is 17.8 Å². The number of amides is 1. The molecule has 1 amide bonds. The van der Waals surface area contributed by atoms with Gasteiger partial charge in [0.25, 0.3) is 0 Å². The van der Waals surface area contributed by atoms with Crippen LogP contribution < -0.4 is 11.0 Å². The lowest BCUT2D eigenvalue weighted by molar-refractivity contribution is -0.122. The molecule has 25 heavy (non-hydrogen) atoms. The number of hydrogen-bond acceptors (Lipinski definition) is 3. The maximum Gasteiger partial charge on any atom is 0.347 e. The van der Waals surface area contributed by atoms with E-state index in [0.717, 1.165) is 12.0 Å². The van der Waals surface area contributed by atoms with Gasteiger partial charge in [-0.05, 0) is 36.0 Å². The van der Waals surface area contributed by atoms with Crippen LogP contribution in [0.2, 0.25) is 0 Å². The third-order valence-corrected chi connectivity index (χ3v) is 4.24. The third-order valence-electron chi connectivity index (χ3n) is 4.24. The summed E-state index contributed by atoms with van der Waals surface area (Å²) in [6.07, 6.45) is 6.44. The van der Waals surface area contributed by atoms with Crippen molar-refractivity contribution in [3.05, 3.63) is 64.3 Å². The van der Waals surface area contributed by atoms with Gasteiger partial charge in [-0.25, -0.2) is 9.78 Å². The number of carbonyl (C=O) groups is 1. The molecule has 0 fully saturated rings. The van der Waals surface area contributed by atoms with Crippen molar-refractivity contribution < 1.29 is 4.79 Å². The molecule has 1 N–H and O–H groups in total. The van der Waals surface area contributed by atoms with Gasteiger partial charge in [0.1, 0.15) is 6.54 Å². The SMILES string of the molecule is CCCCc1ccc(C(NC(=O)Cn2cccnc2=O)C(C)C)cc1. The second-order valence-electron chi connectivity index (χ2n) is 6.66. The van der Waals surface area contributed by atoms with Gasteiger partial charge in [0, 0.05) is 12.4 Å². The average molecular weight is 341 g/mol. The molecule has 0 aliphatic heterocycles. The Kier molecular flexibility index (Phi) is 6.92. The lowest BCUT2D eigenvalue weighted by Gasteiger charge is -2.23. The molecule has 0 aliphatic carbocycles. The molecule has 0 spiro atoms. The second-order valence-corrected chi connectivity index (χ2v) is 6.66. The van der Waals surface area contributed by atoms with E-state index >= 15 is 0 Å². The normalized spacial score (nSPS) is 12.2. The second kappa shape index (κ2) is 9.16. The van der Waals surface area contributed by atoms with Crippen LogP contribution in [-0.4, -0.2) is 15.5 Å². The number of nitrogens with one attached hydrogen (secondary N) is 1. The van der Waals surface area contributed by atoms with Gasteiger partial charge in [0.2, 0.25) is 5.91 Å². The van der Waals surface area contributed by atoms with Crippen LogP contribution in [0.4, 0.5) is 0 Å². The van der Waals surface area contributed by atoms with E-state index in [1.807, 2.05) is 0 Å². The number of rotatable bonds is 8. The summed E-state index contributed by atoms with van der Waals surface area (Å²) in [5.74, 6) is 0.0555. The molecule has 5 nitrogen and oxygen atoms in total. The highest BCUT2D eigenvalue weighted by atomic mass is 16.2. The molecule has 0 saturated heterocycles. The predicted octanol–water partition coefficient (Wildman–Crippen LogP) is 3.10. The molecule has 2 rings (SSSR count). The van der Waals surface area contributed by atoms with E-state index in [2.05, 4.69) is 55.3 Å². The summed E-state index contributed by atoms with van der Waals surface area (Å²) in [4.78, 5) is 27.7. The fourth-order valence-electron chi connectivity index (χ4n) is 2.79. The van der Waals surface area contributed by atoms with Crippen LogP contribution in [0.3, 0.4) is 0 Å². The molecule has 0 aliphatic rings. The number of benzene rings is 1. The lowest BCUT2D eigenvalue weighted by atomic mass is 9.94. The minimum Gasteiger partial charge on any atom is -0.347 e. The zero-order valence-corrected chi connectivity index (χ0v) is 15.2. The van der Waals surface area contributed by atoms with Crippen LogP contribution in [0.5, 0.6) is 0 Å². The maximum absolute atomic E-state index is 12.4. The number of hydrogen-bond donors (Lipinski definition) is 1. The molecular formula is C20H27N3O2. The molecule has 1 unspecified atom stereocenters. The minimum atomic E-state index is -0.418. The molecule has 134 valence electrons. The van der Waals surface area contributed by atoms with Gasteiger partial charge in [0.15, 0.2) is 0 Å². The monoisotopic (exact) mass is 341 g/mol. The predicted molar refractivity (Wildman–Crippen MR) is 99.3 cm³/mol. The van der Waals surface area contributed by atoms with Gasteiger partial charge < -0.3 is 5.32 Å². The summed E-state index contributed by atoms with van der Waals surface area (Å²) >= 11 is 0. The molecule has 0 bridgehead atoms. The van der Waals surface area contributed by atoms with E-state index in [1.54, 1.807) is 12.3 Å². The van der Waals surface area contributed by atoms with Crippen LogP contribution >= 0.6 is 0 Å². The highest BCUT2D eigenvalue weighted by molar-refractivity contribution is 5.76. The van der Waals surface area contributed by atoms with Gasteiger partial charge in [0.05, 0.1) is 6.04 Å². The first-order valence-electron chi connectivity index (χ1n) is 8.91. The zero-order chi connectivity index (χ0) is 18.2. The lowest BCUT2D eigenvalue weighted by Crippen LogP contribution is -2.36. The molecule has 0 radical (unpaired) electrons. The topological polar surface area (TPSA) is 64.0 Å². The van der Waals surface area contributed by atoms with Crippen molar-refractivity contribution in [2.75, 3.05) is 0 Å².